The molecule has 2 N–H and O–H groups in total. The Balaban J connectivity index is 2.46. The zero-order valence-electron chi connectivity index (χ0n) is 14.9. The fourth-order valence-corrected chi connectivity index (χ4v) is 2.66. The molecule has 0 radical (unpaired) electrons. The van der Waals surface area contributed by atoms with Gasteiger partial charge in [0.1, 0.15) is 13.2 Å². The zero-order chi connectivity index (χ0) is 18.4. The Morgan fingerprint density at radius 3 is 2.00 bits per heavy atom. The van der Waals surface area contributed by atoms with Crippen LogP contribution >= 0.6 is 0 Å². The number of carbonyl (C=O) groups is 2. The van der Waals surface area contributed by atoms with Gasteiger partial charge in [-0.1, -0.05) is 30.3 Å². The third kappa shape index (κ3) is 4.12. The average Bonchev–Trinajstić information content (AvgIpc) is 2.88. The number of nitrogens with zero attached hydrogens (tertiary/aromatic N) is 1. The molecule has 0 bridgehead atoms. The van der Waals surface area contributed by atoms with Crippen molar-refractivity contribution in [1.29, 1.82) is 0 Å². The monoisotopic (exact) mass is 345 g/mol. The highest BCUT2D eigenvalue weighted by Gasteiger charge is 2.21. The van der Waals surface area contributed by atoms with Crippen LogP contribution in [-0.4, -0.2) is 30.8 Å². The molecule has 0 atom stereocenters. The fraction of sp³-hybridized carbons (Fsp3) is 0.333. The van der Waals surface area contributed by atoms with Gasteiger partial charge in [-0.25, -0.2) is 9.59 Å². The normalized spacial score (nSPS) is 10.2. The van der Waals surface area contributed by atoms with Crippen molar-refractivity contribution in [3.05, 3.63) is 47.2 Å². The van der Waals surface area contributed by atoms with E-state index >= 15 is 0 Å². The van der Waals surface area contributed by atoms with E-state index in [-0.39, 0.29) is 13.2 Å². The Labute approximate surface area is 146 Å². The number of rotatable bonds is 5. The molecule has 2 amide bonds. The Kier molecular flexibility index (Phi) is 6.05. The lowest BCUT2D eigenvalue weighted by Crippen LogP contribution is -2.20. The highest BCUT2D eigenvalue weighted by atomic mass is 16.6. The molecule has 0 saturated heterocycles. The van der Waals surface area contributed by atoms with Gasteiger partial charge in [0.05, 0.1) is 5.69 Å². The summed E-state index contributed by atoms with van der Waals surface area (Å²) in [6, 6.07) is 9.81. The van der Waals surface area contributed by atoms with Gasteiger partial charge >= 0.3 is 12.2 Å². The van der Waals surface area contributed by atoms with Crippen molar-refractivity contribution < 1.29 is 19.1 Å². The number of hydrogen-bond donors (Lipinski definition) is 2. The molecule has 0 spiro atoms. The minimum absolute atomic E-state index is 0.0814. The van der Waals surface area contributed by atoms with Crippen LogP contribution in [0, 0.1) is 6.92 Å². The molecule has 1 heterocycles. The lowest BCUT2D eigenvalue weighted by atomic mass is 10.0. The van der Waals surface area contributed by atoms with Gasteiger partial charge in [0.25, 0.3) is 0 Å². The molecule has 0 fully saturated rings. The van der Waals surface area contributed by atoms with E-state index in [0.29, 0.717) is 0 Å². The molecule has 2 rings (SSSR count). The van der Waals surface area contributed by atoms with Crippen molar-refractivity contribution in [1.82, 2.24) is 15.2 Å². The highest BCUT2D eigenvalue weighted by molar-refractivity contribution is 5.70. The van der Waals surface area contributed by atoms with E-state index in [1.807, 2.05) is 48.9 Å². The largest absolute Gasteiger partial charge is 0.445 e. The van der Waals surface area contributed by atoms with E-state index in [2.05, 4.69) is 10.6 Å². The quantitative estimate of drug-likeness (QED) is 0.873. The summed E-state index contributed by atoms with van der Waals surface area (Å²) in [7, 11) is 4.95. The molecule has 25 heavy (non-hydrogen) atoms. The molecule has 0 aliphatic carbocycles. The number of hydrogen-bond acceptors (Lipinski definition) is 4. The molecule has 0 aliphatic heterocycles. The maximum atomic E-state index is 11.5. The lowest BCUT2D eigenvalue weighted by molar-refractivity contribution is 0.134. The lowest BCUT2D eigenvalue weighted by Gasteiger charge is -2.10. The Hall–Kier alpha value is -2.96. The molecule has 1 aromatic carbocycles. The van der Waals surface area contributed by atoms with E-state index in [1.165, 1.54) is 14.1 Å². The van der Waals surface area contributed by atoms with Crippen LogP contribution in [0.4, 0.5) is 9.59 Å². The molecule has 7 nitrogen and oxygen atoms in total. The predicted octanol–water partition coefficient (Wildman–Crippen LogP) is 2.71. The number of ether oxygens (including phenoxy) is 2. The van der Waals surface area contributed by atoms with Crippen LogP contribution in [0.3, 0.4) is 0 Å². The smallest absolute Gasteiger partial charge is 0.407 e. The number of nitrogens with one attached hydrogen (secondary N) is 2. The third-order valence-corrected chi connectivity index (χ3v) is 4.08. The minimum atomic E-state index is -0.515. The number of amides is 2. The first-order chi connectivity index (χ1) is 12.0. The maximum absolute atomic E-state index is 11.5. The van der Waals surface area contributed by atoms with Crippen LogP contribution in [0.2, 0.25) is 0 Å². The summed E-state index contributed by atoms with van der Waals surface area (Å²) in [5.74, 6) is 0. The van der Waals surface area contributed by atoms with Crippen molar-refractivity contribution in [2.45, 2.75) is 20.1 Å². The van der Waals surface area contributed by atoms with Crippen LogP contribution in [0.15, 0.2) is 30.3 Å². The van der Waals surface area contributed by atoms with E-state index in [0.717, 1.165) is 28.1 Å². The van der Waals surface area contributed by atoms with Gasteiger partial charge in [-0.3, -0.25) is 0 Å². The fourth-order valence-electron chi connectivity index (χ4n) is 2.66. The van der Waals surface area contributed by atoms with Crippen LogP contribution < -0.4 is 10.6 Å². The second-order valence-corrected chi connectivity index (χ2v) is 5.47. The molecule has 0 saturated carbocycles. The second-order valence-electron chi connectivity index (χ2n) is 5.47. The summed E-state index contributed by atoms with van der Waals surface area (Å²) in [5, 5.41) is 4.85. The van der Waals surface area contributed by atoms with Crippen LogP contribution in [0.1, 0.15) is 16.8 Å². The molecular formula is C18H23N3O4. The standard InChI is InChI=1S/C18H23N3O4/c1-12-14(10-24-17(22)19-2)15(11-25-18(23)20-3)16(21(12)4)13-8-6-5-7-9-13/h5-9H,10-11H2,1-4H3,(H,19,22)(H,20,23). The first-order valence-electron chi connectivity index (χ1n) is 7.91. The van der Waals surface area contributed by atoms with Crippen molar-refractivity contribution in [3.8, 4) is 11.3 Å². The number of benzene rings is 1. The first-order valence-corrected chi connectivity index (χ1v) is 7.91. The van der Waals surface area contributed by atoms with Gasteiger partial charge in [-0.15, -0.1) is 0 Å². The average molecular weight is 345 g/mol. The number of carbonyl (C=O) groups excluding carboxylic acids is 2. The summed E-state index contributed by atoms with van der Waals surface area (Å²) in [6.45, 7) is 2.12. The summed E-state index contributed by atoms with van der Waals surface area (Å²) in [4.78, 5) is 23.0. The molecule has 0 unspecified atom stereocenters. The molecule has 7 heteroatoms. The number of alkyl carbamates (subject to hydrolysis) is 2. The van der Waals surface area contributed by atoms with Gasteiger partial charge in [-0.2, -0.15) is 0 Å². The van der Waals surface area contributed by atoms with E-state index < -0.39 is 12.2 Å². The molecular weight excluding hydrogens is 322 g/mol. The highest BCUT2D eigenvalue weighted by Crippen LogP contribution is 2.32. The van der Waals surface area contributed by atoms with Crippen molar-refractivity contribution >= 4 is 12.2 Å². The van der Waals surface area contributed by atoms with Gasteiger partial charge < -0.3 is 24.7 Å². The summed E-state index contributed by atoms with van der Waals surface area (Å²) < 4.78 is 12.5. The topological polar surface area (TPSA) is 81.6 Å². The minimum Gasteiger partial charge on any atom is -0.445 e. The summed E-state index contributed by atoms with van der Waals surface area (Å²) in [6.07, 6.45) is -1.03. The first kappa shape index (κ1) is 18.4. The van der Waals surface area contributed by atoms with E-state index in [1.54, 1.807) is 0 Å². The molecule has 0 aliphatic rings. The van der Waals surface area contributed by atoms with Gasteiger partial charge in [-0.05, 0) is 12.5 Å². The van der Waals surface area contributed by atoms with Gasteiger partial charge in [0.2, 0.25) is 0 Å². The Bertz CT molecular complexity index is 753. The van der Waals surface area contributed by atoms with Crippen LogP contribution in [-0.2, 0) is 29.7 Å². The maximum Gasteiger partial charge on any atom is 0.407 e. The second kappa shape index (κ2) is 8.23. The van der Waals surface area contributed by atoms with E-state index in [9.17, 15) is 9.59 Å². The van der Waals surface area contributed by atoms with Gasteiger partial charge in [0.15, 0.2) is 0 Å². The Morgan fingerprint density at radius 2 is 1.48 bits per heavy atom. The third-order valence-electron chi connectivity index (χ3n) is 4.08. The van der Waals surface area contributed by atoms with Crippen LogP contribution in [0.5, 0.6) is 0 Å². The molecule has 2 aromatic rings. The van der Waals surface area contributed by atoms with Gasteiger partial charge in [0, 0.05) is 38.0 Å². The summed E-state index contributed by atoms with van der Waals surface area (Å²) in [5.41, 5.74) is 4.51. The molecule has 134 valence electrons. The Morgan fingerprint density at radius 1 is 0.960 bits per heavy atom. The predicted molar refractivity (Wildman–Crippen MR) is 94.1 cm³/mol. The van der Waals surface area contributed by atoms with Crippen molar-refractivity contribution in [2.75, 3.05) is 14.1 Å². The molecule has 1 aromatic heterocycles. The van der Waals surface area contributed by atoms with Crippen molar-refractivity contribution in [3.63, 3.8) is 0 Å². The zero-order valence-corrected chi connectivity index (χ0v) is 14.9. The van der Waals surface area contributed by atoms with Crippen LogP contribution in [0.25, 0.3) is 11.3 Å². The van der Waals surface area contributed by atoms with E-state index in [4.69, 9.17) is 9.47 Å². The number of aromatic nitrogens is 1. The SMILES string of the molecule is CNC(=O)OCc1c(COC(=O)NC)c(-c2ccccc2)n(C)c1C. The summed E-state index contributed by atoms with van der Waals surface area (Å²) >= 11 is 0. The van der Waals surface area contributed by atoms with Crippen molar-refractivity contribution in [2.24, 2.45) is 7.05 Å².